The second-order valence-corrected chi connectivity index (χ2v) is 7.22. The third-order valence-electron chi connectivity index (χ3n) is 4.22. The highest BCUT2D eigenvalue weighted by Crippen LogP contribution is 2.47. The first-order valence-corrected chi connectivity index (χ1v) is 6.97. The van der Waals surface area contributed by atoms with Crippen molar-refractivity contribution in [3.05, 3.63) is 33.3 Å². The van der Waals surface area contributed by atoms with Crippen LogP contribution >= 0.6 is 15.9 Å². The van der Waals surface area contributed by atoms with Crippen molar-refractivity contribution in [3.8, 4) is 0 Å². The van der Waals surface area contributed by atoms with Crippen LogP contribution in [0.25, 0.3) is 0 Å². The minimum atomic E-state index is -0.388. The molecular weight excluding hydrogens is 292 g/mol. The summed E-state index contributed by atoms with van der Waals surface area (Å²) < 4.78 is 0.830. The number of aliphatic hydroxyl groups excluding tert-OH is 1. The molecule has 1 atom stereocenters. The maximum Gasteiger partial charge on any atom is 0.151 e. The molecule has 2 rings (SSSR count). The van der Waals surface area contributed by atoms with Crippen LogP contribution in [0.15, 0.2) is 16.6 Å². The topological polar surface area (TPSA) is 37.3 Å². The van der Waals surface area contributed by atoms with Gasteiger partial charge in [0.15, 0.2) is 6.29 Å². The van der Waals surface area contributed by atoms with Gasteiger partial charge >= 0.3 is 0 Å². The molecule has 18 heavy (non-hydrogen) atoms. The van der Waals surface area contributed by atoms with E-state index < -0.39 is 0 Å². The van der Waals surface area contributed by atoms with Gasteiger partial charge in [-0.15, -0.1) is 0 Å². The number of rotatable bonds is 1. The van der Waals surface area contributed by atoms with E-state index in [1.165, 1.54) is 5.56 Å². The van der Waals surface area contributed by atoms with E-state index in [2.05, 4.69) is 29.8 Å². The molecule has 0 amide bonds. The predicted molar refractivity (Wildman–Crippen MR) is 76.2 cm³/mol. The summed E-state index contributed by atoms with van der Waals surface area (Å²) in [4.78, 5) is 11.1. The third-order valence-corrected chi connectivity index (χ3v) is 4.91. The van der Waals surface area contributed by atoms with Crippen molar-refractivity contribution in [2.45, 2.75) is 51.0 Å². The molecule has 1 unspecified atom stereocenters. The smallest absolute Gasteiger partial charge is 0.151 e. The van der Waals surface area contributed by atoms with Gasteiger partial charge in [-0.05, 0) is 35.1 Å². The zero-order chi connectivity index (χ0) is 13.7. The normalized spacial score (nSPS) is 24.4. The van der Waals surface area contributed by atoms with Crippen LogP contribution in [0.3, 0.4) is 0 Å². The fourth-order valence-electron chi connectivity index (χ4n) is 2.80. The molecule has 0 saturated carbocycles. The summed E-state index contributed by atoms with van der Waals surface area (Å²) in [5.41, 5.74) is 2.55. The van der Waals surface area contributed by atoms with Crippen molar-refractivity contribution in [3.63, 3.8) is 0 Å². The molecule has 1 aliphatic carbocycles. The first-order chi connectivity index (χ1) is 8.20. The fraction of sp³-hybridized carbons (Fsp3) is 0.533. The van der Waals surface area contributed by atoms with E-state index in [-0.39, 0.29) is 16.9 Å². The van der Waals surface area contributed by atoms with Gasteiger partial charge in [0, 0.05) is 15.5 Å². The summed E-state index contributed by atoms with van der Waals surface area (Å²) in [6.07, 6.45) is 1.20. The molecular formula is C15H19BrO2. The Bertz CT molecular complexity index is 503. The van der Waals surface area contributed by atoms with Crippen LogP contribution in [0.1, 0.15) is 55.6 Å². The van der Waals surface area contributed by atoms with Crippen molar-refractivity contribution in [2.75, 3.05) is 0 Å². The highest BCUT2D eigenvalue weighted by molar-refractivity contribution is 9.10. The Morgan fingerprint density at radius 1 is 1.28 bits per heavy atom. The minimum Gasteiger partial charge on any atom is -0.392 e. The molecule has 0 saturated heterocycles. The number of aldehydes is 1. The molecule has 1 N–H and O–H groups in total. The van der Waals surface area contributed by atoms with Crippen molar-refractivity contribution < 1.29 is 9.90 Å². The van der Waals surface area contributed by atoms with Crippen LogP contribution in [0.5, 0.6) is 0 Å². The summed E-state index contributed by atoms with van der Waals surface area (Å²) in [6, 6.07) is 3.95. The molecule has 3 heteroatoms. The van der Waals surface area contributed by atoms with Crippen LogP contribution < -0.4 is 0 Å². The van der Waals surface area contributed by atoms with E-state index in [9.17, 15) is 9.90 Å². The number of hydrogen-bond acceptors (Lipinski definition) is 2. The average molecular weight is 311 g/mol. The Morgan fingerprint density at radius 2 is 1.89 bits per heavy atom. The lowest BCUT2D eigenvalue weighted by Crippen LogP contribution is -2.45. The molecule has 0 bridgehead atoms. The lowest BCUT2D eigenvalue weighted by atomic mass is 9.61. The van der Waals surface area contributed by atoms with Gasteiger partial charge in [-0.3, -0.25) is 4.79 Å². The Morgan fingerprint density at radius 3 is 2.44 bits per heavy atom. The van der Waals surface area contributed by atoms with Crippen LogP contribution in [-0.2, 0) is 10.8 Å². The monoisotopic (exact) mass is 310 g/mol. The third kappa shape index (κ3) is 1.94. The summed E-state index contributed by atoms with van der Waals surface area (Å²) in [6.45, 7) is 8.34. The van der Waals surface area contributed by atoms with Gasteiger partial charge in [0.05, 0.1) is 6.10 Å². The van der Waals surface area contributed by atoms with Crippen LogP contribution in [-0.4, -0.2) is 17.5 Å². The molecule has 1 aromatic rings. The Labute approximate surface area is 117 Å². The van der Waals surface area contributed by atoms with E-state index in [4.69, 9.17) is 0 Å². The van der Waals surface area contributed by atoms with E-state index in [0.717, 1.165) is 22.7 Å². The molecule has 98 valence electrons. The van der Waals surface area contributed by atoms with Gasteiger partial charge in [0.2, 0.25) is 0 Å². The zero-order valence-corrected chi connectivity index (χ0v) is 12.8. The molecule has 0 spiro atoms. The number of carbonyl (C=O) groups is 1. The molecule has 0 aromatic heterocycles. The molecule has 0 aliphatic heterocycles. The maximum absolute atomic E-state index is 11.1. The fourth-order valence-corrected chi connectivity index (χ4v) is 3.24. The van der Waals surface area contributed by atoms with E-state index in [1.807, 2.05) is 26.0 Å². The van der Waals surface area contributed by atoms with E-state index in [1.54, 1.807) is 0 Å². The Balaban J connectivity index is 2.75. The second-order valence-electron chi connectivity index (χ2n) is 6.36. The first kappa shape index (κ1) is 13.8. The predicted octanol–water partition coefficient (Wildman–Crippen LogP) is 3.58. The van der Waals surface area contributed by atoms with Gasteiger partial charge < -0.3 is 5.11 Å². The maximum atomic E-state index is 11.1. The van der Waals surface area contributed by atoms with Gasteiger partial charge in [-0.25, -0.2) is 0 Å². The number of benzene rings is 1. The summed E-state index contributed by atoms with van der Waals surface area (Å²) in [5.74, 6) is 0. The highest BCUT2D eigenvalue weighted by atomic mass is 79.9. The van der Waals surface area contributed by atoms with Crippen LogP contribution in [0.4, 0.5) is 0 Å². The summed E-state index contributed by atoms with van der Waals surface area (Å²) in [5, 5.41) is 10.4. The molecule has 1 aliphatic rings. The number of carbonyl (C=O) groups excluding carboxylic acids is 1. The number of fused-ring (bicyclic) bond motifs is 1. The van der Waals surface area contributed by atoms with Gasteiger partial charge in [0.25, 0.3) is 0 Å². The number of halogens is 1. The van der Waals surface area contributed by atoms with Crippen molar-refractivity contribution in [1.29, 1.82) is 0 Å². The molecule has 0 fully saturated rings. The largest absolute Gasteiger partial charge is 0.392 e. The average Bonchev–Trinajstić information content (AvgIpc) is 2.26. The molecule has 1 aromatic carbocycles. The summed E-state index contributed by atoms with van der Waals surface area (Å²) in [7, 11) is 0. The molecule has 2 nitrogen and oxygen atoms in total. The van der Waals surface area contributed by atoms with Crippen LogP contribution in [0.2, 0.25) is 0 Å². The van der Waals surface area contributed by atoms with Gasteiger partial charge in [0.1, 0.15) is 0 Å². The van der Waals surface area contributed by atoms with Crippen LogP contribution in [0, 0.1) is 0 Å². The van der Waals surface area contributed by atoms with E-state index >= 15 is 0 Å². The Kier molecular flexibility index (Phi) is 3.19. The SMILES string of the molecule is CC1(C)CC(O)C(C)(C)c2cc(C=O)c(Br)cc21. The second kappa shape index (κ2) is 4.17. The zero-order valence-electron chi connectivity index (χ0n) is 11.2. The highest BCUT2D eigenvalue weighted by Gasteiger charge is 2.43. The molecule has 0 radical (unpaired) electrons. The van der Waals surface area contributed by atoms with Crippen molar-refractivity contribution in [2.24, 2.45) is 0 Å². The number of aliphatic hydroxyl groups is 1. The minimum absolute atomic E-state index is 0.0752. The van der Waals surface area contributed by atoms with E-state index in [0.29, 0.717) is 5.56 Å². The quantitative estimate of drug-likeness (QED) is 0.805. The van der Waals surface area contributed by atoms with Gasteiger partial charge in [-0.1, -0.05) is 43.6 Å². The lowest BCUT2D eigenvalue weighted by Gasteiger charge is -2.45. The first-order valence-electron chi connectivity index (χ1n) is 6.18. The molecule has 0 heterocycles. The number of hydrogen-bond donors (Lipinski definition) is 1. The van der Waals surface area contributed by atoms with Gasteiger partial charge in [-0.2, -0.15) is 0 Å². The lowest BCUT2D eigenvalue weighted by molar-refractivity contribution is 0.0582. The Hall–Kier alpha value is -0.670. The van der Waals surface area contributed by atoms with Crippen molar-refractivity contribution >= 4 is 22.2 Å². The van der Waals surface area contributed by atoms with Crippen molar-refractivity contribution in [1.82, 2.24) is 0 Å². The standard InChI is InChI=1S/C15H19BrO2/c1-14(2)7-13(18)15(3,4)11-5-9(8-17)12(16)6-10(11)14/h5-6,8,13,18H,7H2,1-4H3. The summed E-state index contributed by atoms with van der Waals surface area (Å²) >= 11 is 3.45.